The zero-order valence-corrected chi connectivity index (χ0v) is 18.5. The highest BCUT2D eigenvalue weighted by Gasteiger charge is 2.36. The van der Waals surface area contributed by atoms with Crippen molar-refractivity contribution in [1.29, 1.82) is 0 Å². The molecule has 34 heavy (non-hydrogen) atoms. The summed E-state index contributed by atoms with van der Waals surface area (Å²) in [5.74, 6) is -1.49. The molecule has 5 rings (SSSR count). The number of aromatic nitrogens is 2. The number of amides is 2. The molecule has 3 aromatic rings. The number of carboxylic acids is 1. The Labute approximate surface area is 195 Å². The third kappa shape index (κ3) is 4.00. The Morgan fingerprint density at radius 2 is 1.68 bits per heavy atom. The number of nitrogens with zero attached hydrogens (tertiary/aromatic N) is 2. The van der Waals surface area contributed by atoms with E-state index in [0.717, 1.165) is 22.3 Å². The fourth-order valence-electron chi connectivity index (χ4n) is 4.68. The lowest BCUT2D eigenvalue weighted by Crippen LogP contribution is -2.47. The van der Waals surface area contributed by atoms with E-state index in [-0.39, 0.29) is 36.0 Å². The van der Waals surface area contributed by atoms with Gasteiger partial charge in [-0.25, -0.2) is 4.79 Å². The third-order valence-corrected chi connectivity index (χ3v) is 6.51. The molecular formula is C25H24N4O5. The number of aryl methyl sites for hydroxylation is 1. The maximum atomic E-state index is 12.5. The minimum Gasteiger partial charge on any atom is -0.481 e. The van der Waals surface area contributed by atoms with Crippen molar-refractivity contribution in [2.24, 2.45) is 13.0 Å². The van der Waals surface area contributed by atoms with Gasteiger partial charge in [-0.15, -0.1) is 0 Å². The Bertz CT molecular complexity index is 1230. The van der Waals surface area contributed by atoms with Crippen molar-refractivity contribution in [2.45, 2.75) is 24.8 Å². The van der Waals surface area contributed by atoms with Gasteiger partial charge in [0.1, 0.15) is 12.3 Å². The van der Waals surface area contributed by atoms with Crippen molar-refractivity contribution in [3.63, 3.8) is 0 Å². The first kappa shape index (κ1) is 21.7. The van der Waals surface area contributed by atoms with E-state index in [1.807, 2.05) is 36.4 Å². The zero-order chi connectivity index (χ0) is 23.8. The van der Waals surface area contributed by atoms with Crippen molar-refractivity contribution in [2.75, 3.05) is 11.9 Å². The van der Waals surface area contributed by atoms with Crippen molar-refractivity contribution in [3.8, 4) is 11.1 Å². The molecule has 2 aliphatic carbocycles. The minimum absolute atomic E-state index is 0.0553. The number of nitrogens with one attached hydrogen (secondary N) is 2. The van der Waals surface area contributed by atoms with Gasteiger partial charge in [0.05, 0.1) is 5.92 Å². The van der Waals surface area contributed by atoms with Crippen LogP contribution in [0.2, 0.25) is 0 Å². The predicted octanol–water partition coefficient (Wildman–Crippen LogP) is 3.37. The van der Waals surface area contributed by atoms with E-state index in [0.29, 0.717) is 12.8 Å². The molecule has 174 valence electrons. The zero-order valence-electron chi connectivity index (χ0n) is 18.5. The molecule has 1 saturated carbocycles. The summed E-state index contributed by atoms with van der Waals surface area (Å²) >= 11 is 0. The van der Waals surface area contributed by atoms with Gasteiger partial charge in [0.2, 0.25) is 0 Å². The van der Waals surface area contributed by atoms with Crippen molar-refractivity contribution in [1.82, 2.24) is 15.1 Å². The summed E-state index contributed by atoms with van der Waals surface area (Å²) in [6, 6.07) is 17.5. The normalized spacial score (nSPS) is 18.4. The number of anilines is 1. The van der Waals surface area contributed by atoms with Gasteiger partial charge in [-0.3, -0.25) is 19.6 Å². The van der Waals surface area contributed by atoms with Crippen LogP contribution < -0.4 is 10.6 Å². The van der Waals surface area contributed by atoms with Gasteiger partial charge in [-0.1, -0.05) is 48.5 Å². The van der Waals surface area contributed by atoms with Crippen LogP contribution in [-0.2, 0) is 16.6 Å². The summed E-state index contributed by atoms with van der Waals surface area (Å²) in [4.78, 5) is 35.9. The van der Waals surface area contributed by atoms with Gasteiger partial charge in [0.25, 0.3) is 5.91 Å². The van der Waals surface area contributed by atoms with Crippen LogP contribution in [0.1, 0.15) is 40.4 Å². The first-order valence-electron chi connectivity index (χ1n) is 11.1. The fraction of sp³-hybridized carbons (Fsp3) is 0.280. The number of carboxylic acid groups (broad SMARTS) is 1. The number of fused-ring (bicyclic) bond motifs is 3. The highest BCUT2D eigenvalue weighted by atomic mass is 16.5. The molecule has 0 radical (unpaired) electrons. The second-order valence-electron chi connectivity index (χ2n) is 8.67. The molecule has 2 aliphatic rings. The smallest absolute Gasteiger partial charge is 0.412 e. The van der Waals surface area contributed by atoms with Crippen molar-refractivity contribution < 1.29 is 24.2 Å². The Morgan fingerprint density at radius 1 is 1.06 bits per heavy atom. The van der Waals surface area contributed by atoms with Crippen LogP contribution in [-0.4, -0.2) is 45.5 Å². The van der Waals surface area contributed by atoms with E-state index in [2.05, 4.69) is 27.9 Å². The van der Waals surface area contributed by atoms with Crippen LogP contribution in [0.3, 0.4) is 0 Å². The molecule has 0 aliphatic heterocycles. The van der Waals surface area contributed by atoms with E-state index in [9.17, 15) is 14.4 Å². The molecule has 2 aromatic carbocycles. The molecule has 9 nitrogen and oxygen atoms in total. The number of hydrogen-bond donors (Lipinski definition) is 3. The number of benzene rings is 2. The second kappa shape index (κ2) is 8.66. The Hall–Kier alpha value is -4.14. The van der Waals surface area contributed by atoms with Crippen LogP contribution in [0.5, 0.6) is 0 Å². The largest absolute Gasteiger partial charge is 0.481 e. The van der Waals surface area contributed by atoms with Gasteiger partial charge in [-0.2, -0.15) is 5.10 Å². The van der Waals surface area contributed by atoms with Gasteiger partial charge in [-0.05, 0) is 35.1 Å². The van der Waals surface area contributed by atoms with E-state index < -0.39 is 18.0 Å². The lowest BCUT2D eigenvalue weighted by molar-refractivity contribution is -0.145. The summed E-state index contributed by atoms with van der Waals surface area (Å²) in [7, 11) is 1.60. The average Bonchev–Trinajstić information content (AvgIpc) is 3.31. The molecular weight excluding hydrogens is 436 g/mol. The predicted molar refractivity (Wildman–Crippen MR) is 124 cm³/mol. The average molecular weight is 460 g/mol. The second-order valence-corrected chi connectivity index (χ2v) is 8.67. The third-order valence-electron chi connectivity index (χ3n) is 6.51. The molecule has 0 saturated heterocycles. The monoisotopic (exact) mass is 460 g/mol. The van der Waals surface area contributed by atoms with Gasteiger partial charge >= 0.3 is 12.1 Å². The molecule has 1 fully saturated rings. The van der Waals surface area contributed by atoms with Crippen molar-refractivity contribution in [3.05, 3.63) is 71.4 Å². The molecule has 2 amide bonds. The number of rotatable bonds is 6. The van der Waals surface area contributed by atoms with Crippen molar-refractivity contribution >= 4 is 23.8 Å². The summed E-state index contributed by atoms with van der Waals surface area (Å²) < 4.78 is 6.89. The Balaban J connectivity index is 1.19. The summed E-state index contributed by atoms with van der Waals surface area (Å²) in [5, 5.41) is 18.5. The lowest BCUT2D eigenvalue weighted by atomic mass is 9.80. The highest BCUT2D eigenvalue weighted by Crippen LogP contribution is 2.44. The number of ether oxygens (including phenoxy) is 1. The molecule has 3 N–H and O–H groups in total. The lowest BCUT2D eigenvalue weighted by Gasteiger charge is -2.32. The SMILES string of the molecule is Cn1nc(NC(=O)OCC2c3ccccc3-c3ccccc32)cc1C(=O)NC1CC(C(=O)O)C1. The number of carbonyl (C=O) groups excluding carboxylic acids is 2. The molecule has 1 heterocycles. The number of carbonyl (C=O) groups is 3. The van der Waals surface area contributed by atoms with Crippen LogP contribution in [0, 0.1) is 5.92 Å². The van der Waals surface area contributed by atoms with Gasteiger partial charge in [0.15, 0.2) is 5.82 Å². The first-order chi connectivity index (χ1) is 16.4. The van der Waals surface area contributed by atoms with Gasteiger partial charge in [0, 0.05) is 25.1 Å². The summed E-state index contributed by atoms with van der Waals surface area (Å²) in [6.45, 7) is 0.173. The number of hydrogen-bond acceptors (Lipinski definition) is 5. The Morgan fingerprint density at radius 3 is 2.29 bits per heavy atom. The maximum Gasteiger partial charge on any atom is 0.412 e. The minimum atomic E-state index is -0.847. The molecule has 9 heteroatoms. The molecule has 0 unspecified atom stereocenters. The first-order valence-corrected chi connectivity index (χ1v) is 11.1. The molecule has 0 bridgehead atoms. The van der Waals surface area contributed by atoms with Gasteiger partial charge < -0.3 is 15.2 Å². The van der Waals surface area contributed by atoms with E-state index in [4.69, 9.17) is 9.84 Å². The van der Waals surface area contributed by atoms with E-state index in [1.165, 1.54) is 10.7 Å². The molecule has 0 atom stereocenters. The summed E-state index contributed by atoms with van der Waals surface area (Å²) in [6.07, 6.45) is 0.156. The molecule has 0 spiro atoms. The van der Waals surface area contributed by atoms with Crippen LogP contribution in [0.4, 0.5) is 10.6 Å². The van der Waals surface area contributed by atoms with E-state index >= 15 is 0 Å². The van der Waals surface area contributed by atoms with Crippen LogP contribution in [0.15, 0.2) is 54.6 Å². The standard InChI is InChI=1S/C25H24N4O5/c1-29-21(23(30)26-15-10-14(11-15)24(31)32)12-22(28-29)27-25(33)34-13-20-18-8-4-2-6-16(18)17-7-3-5-9-19(17)20/h2-9,12,14-15,20H,10-11,13H2,1H3,(H,26,30)(H,31,32)(H,27,28,33). The van der Waals surface area contributed by atoms with Crippen LogP contribution >= 0.6 is 0 Å². The maximum absolute atomic E-state index is 12.5. The summed E-state index contributed by atoms with van der Waals surface area (Å²) in [5.41, 5.74) is 4.79. The van der Waals surface area contributed by atoms with Crippen LogP contribution in [0.25, 0.3) is 11.1 Å². The fourth-order valence-corrected chi connectivity index (χ4v) is 4.68. The molecule has 1 aromatic heterocycles. The Kier molecular flexibility index (Phi) is 5.53. The quantitative estimate of drug-likeness (QED) is 0.518. The van der Waals surface area contributed by atoms with E-state index in [1.54, 1.807) is 7.05 Å². The highest BCUT2D eigenvalue weighted by molar-refractivity contribution is 5.95. The number of aliphatic carboxylic acids is 1. The topological polar surface area (TPSA) is 123 Å².